The molecule has 0 aliphatic heterocycles. The van der Waals surface area contributed by atoms with E-state index in [9.17, 15) is 9.59 Å². The van der Waals surface area contributed by atoms with E-state index in [0.717, 1.165) is 0 Å². The molecule has 8 heteroatoms. The fourth-order valence-electron chi connectivity index (χ4n) is 0.986. The van der Waals surface area contributed by atoms with Crippen molar-refractivity contribution in [1.82, 2.24) is 0 Å². The lowest BCUT2D eigenvalue weighted by atomic mass is 9.81. The molecule has 0 spiro atoms. The number of carbonyl (C=O) groups is 2. The Morgan fingerprint density at radius 2 is 1.11 bits per heavy atom. The number of rotatable bonds is 5. The van der Waals surface area contributed by atoms with Gasteiger partial charge in [0.25, 0.3) is 0 Å². The van der Waals surface area contributed by atoms with Crippen molar-refractivity contribution in [2.24, 2.45) is 11.5 Å². The van der Waals surface area contributed by atoms with Gasteiger partial charge in [0.1, 0.15) is 11.1 Å². The van der Waals surface area contributed by atoms with Crippen LogP contribution in [0.2, 0.25) is 0 Å². The monoisotopic (exact) mass is 304 g/mol. The summed E-state index contributed by atoms with van der Waals surface area (Å²) < 4.78 is 9.54. The second-order valence-electron chi connectivity index (χ2n) is 3.85. The summed E-state index contributed by atoms with van der Waals surface area (Å²) in [6.07, 6.45) is 0. The third-order valence-corrected chi connectivity index (χ3v) is 2.48. The maximum Gasteiger partial charge on any atom is 0.328 e. The molecule has 2 atom stereocenters. The average molecular weight is 305 g/mol. The van der Waals surface area contributed by atoms with E-state index in [0.29, 0.717) is 0 Å². The molecule has 0 bridgehead atoms. The van der Waals surface area contributed by atoms with Gasteiger partial charge < -0.3 is 20.9 Å². The zero-order valence-electron chi connectivity index (χ0n) is 11.0. The van der Waals surface area contributed by atoms with Crippen LogP contribution in [0.3, 0.4) is 0 Å². The van der Waals surface area contributed by atoms with Crippen molar-refractivity contribution in [2.75, 3.05) is 13.2 Å². The lowest BCUT2D eigenvalue weighted by Gasteiger charge is -2.36. The van der Waals surface area contributed by atoms with Crippen molar-refractivity contribution < 1.29 is 19.1 Å². The van der Waals surface area contributed by atoms with Gasteiger partial charge in [-0.15, -0.1) is 24.8 Å². The standard InChI is InChI=1S/C10H20N2O4.2ClH/c1-5-15-7(13)9(3,11)10(4,12)8(14)16-6-2;;/h5-6,11-12H2,1-4H3;2*1H. The third-order valence-electron chi connectivity index (χ3n) is 2.48. The van der Waals surface area contributed by atoms with Crippen LogP contribution in [0.4, 0.5) is 0 Å². The minimum Gasteiger partial charge on any atom is -0.465 e. The van der Waals surface area contributed by atoms with E-state index in [1.54, 1.807) is 13.8 Å². The van der Waals surface area contributed by atoms with Gasteiger partial charge in [0.15, 0.2) is 0 Å². The summed E-state index contributed by atoms with van der Waals surface area (Å²) in [7, 11) is 0. The van der Waals surface area contributed by atoms with Gasteiger partial charge in [-0.3, -0.25) is 0 Å². The van der Waals surface area contributed by atoms with E-state index in [-0.39, 0.29) is 38.0 Å². The minimum absolute atomic E-state index is 0. The van der Waals surface area contributed by atoms with E-state index < -0.39 is 23.0 Å². The average Bonchev–Trinajstić information content (AvgIpc) is 2.18. The lowest BCUT2D eigenvalue weighted by Crippen LogP contribution is -2.71. The zero-order valence-corrected chi connectivity index (χ0v) is 12.7. The molecule has 0 radical (unpaired) electrons. The van der Waals surface area contributed by atoms with E-state index >= 15 is 0 Å². The van der Waals surface area contributed by atoms with E-state index in [2.05, 4.69) is 0 Å². The molecule has 0 amide bonds. The maximum atomic E-state index is 11.6. The highest BCUT2D eigenvalue weighted by molar-refractivity contribution is 5.93. The van der Waals surface area contributed by atoms with Crippen LogP contribution in [-0.4, -0.2) is 36.2 Å². The minimum atomic E-state index is -1.63. The summed E-state index contributed by atoms with van der Waals surface area (Å²) in [5, 5.41) is 0. The molecule has 2 unspecified atom stereocenters. The quantitative estimate of drug-likeness (QED) is 0.712. The van der Waals surface area contributed by atoms with Crippen LogP contribution in [0.1, 0.15) is 27.7 Å². The van der Waals surface area contributed by atoms with Gasteiger partial charge in [-0.1, -0.05) is 0 Å². The Bertz CT molecular complexity index is 255. The van der Waals surface area contributed by atoms with Crippen LogP contribution in [0, 0.1) is 0 Å². The lowest BCUT2D eigenvalue weighted by molar-refractivity contribution is -0.162. The zero-order chi connectivity index (χ0) is 13.0. The molecule has 0 saturated heterocycles. The van der Waals surface area contributed by atoms with Crippen LogP contribution >= 0.6 is 24.8 Å². The Morgan fingerprint density at radius 3 is 1.28 bits per heavy atom. The van der Waals surface area contributed by atoms with Crippen LogP contribution in [0.15, 0.2) is 0 Å². The van der Waals surface area contributed by atoms with Crippen LogP contribution in [-0.2, 0) is 19.1 Å². The Labute approximate surface area is 120 Å². The van der Waals surface area contributed by atoms with Gasteiger partial charge >= 0.3 is 11.9 Å². The fraction of sp³-hybridized carbons (Fsp3) is 0.800. The first-order valence-electron chi connectivity index (χ1n) is 5.14. The number of nitrogens with two attached hydrogens (primary N) is 2. The molecular formula is C10H22Cl2N2O4. The molecule has 0 aromatic heterocycles. The SMILES string of the molecule is CCOC(=O)C(C)(N)C(C)(N)C(=O)OCC.Cl.Cl. The number of esters is 2. The first-order chi connectivity index (χ1) is 7.21. The molecule has 18 heavy (non-hydrogen) atoms. The van der Waals surface area contributed by atoms with Crippen LogP contribution < -0.4 is 11.5 Å². The summed E-state index contributed by atoms with van der Waals surface area (Å²) in [6, 6.07) is 0. The molecule has 0 aliphatic carbocycles. The molecule has 4 N–H and O–H groups in total. The number of hydrogen-bond acceptors (Lipinski definition) is 6. The molecular weight excluding hydrogens is 283 g/mol. The second-order valence-corrected chi connectivity index (χ2v) is 3.85. The second kappa shape index (κ2) is 8.53. The van der Waals surface area contributed by atoms with Gasteiger partial charge in [0.2, 0.25) is 0 Å². The first kappa shape index (κ1) is 22.6. The molecule has 110 valence electrons. The number of ether oxygens (including phenoxy) is 2. The van der Waals surface area contributed by atoms with E-state index in [4.69, 9.17) is 20.9 Å². The Balaban J connectivity index is -0.00000112. The summed E-state index contributed by atoms with van der Waals surface area (Å²) in [4.78, 5) is 23.2. The maximum absolute atomic E-state index is 11.6. The van der Waals surface area contributed by atoms with E-state index in [1.165, 1.54) is 13.8 Å². The van der Waals surface area contributed by atoms with Crippen molar-refractivity contribution in [2.45, 2.75) is 38.8 Å². The molecule has 6 nitrogen and oxygen atoms in total. The Hall–Kier alpha value is -0.560. The van der Waals surface area contributed by atoms with Crippen molar-refractivity contribution in [3.8, 4) is 0 Å². The Morgan fingerprint density at radius 1 is 0.889 bits per heavy atom. The number of halogens is 2. The summed E-state index contributed by atoms with van der Waals surface area (Å²) in [5.74, 6) is -1.46. The number of hydrogen-bond donors (Lipinski definition) is 2. The first-order valence-corrected chi connectivity index (χ1v) is 5.14. The number of carbonyl (C=O) groups excluding carboxylic acids is 2. The fourth-order valence-corrected chi connectivity index (χ4v) is 0.986. The summed E-state index contributed by atoms with van der Waals surface area (Å²) in [5.41, 5.74) is 8.25. The molecule has 0 rings (SSSR count). The van der Waals surface area contributed by atoms with Gasteiger partial charge in [-0.25, -0.2) is 9.59 Å². The highest BCUT2D eigenvalue weighted by Gasteiger charge is 2.52. The summed E-state index contributed by atoms with van der Waals surface area (Å²) >= 11 is 0. The highest BCUT2D eigenvalue weighted by atomic mass is 35.5. The van der Waals surface area contributed by atoms with Crippen molar-refractivity contribution in [3.63, 3.8) is 0 Å². The smallest absolute Gasteiger partial charge is 0.328 e. The molecule has 0 saturated carbocycles. The molecule has 0 fully saturated rings. The van der Waals surface area contributed by atoms with E-state index in [1.807, 2.05) is 0 Å². The largest absolute Gasteiger partial charge is 0.465 e. The van der Waals surface area contributed by atoms with Gasteiger partial charge in [0.05, 0.1) is 13.2 Å². The predicted molar refractivity (Wildman–Crippen MR) is 72.9 cm³/mol. The highest BCUT2D eigenvalue weighted by Crippen LogP contribution is 2.20. The van der Waals surface area contributed by atoms with Gasteiger partial charge in [-0.2, -0.15) is 0 Å². The van der Waals surface area contributed by atoms with Gasteiger partial charge in [-0.05, 0) is 27.7 Å². The summed E-state index contributed by atoms with van der Waals surface area (Å²) in [6.45, 7) is 6.33. The molecule has 0 aromatic carbocycles. The normalized spacial score (nSPS) is 16.1. The van der Waals surface area contributed by atoms with Crippen molar-refractivity contribution in [1.29, 1.82) is 0 Å². The topological polar surface area (TPSA) is 105 Å². The van der Waals surface area contributed by atoms with Crippen molar-refractivity contribution >= 4 is 36.8 Å². The van der Waals surface area contributed by atoms with Crippen molar-refractivity contribution in [3.05, 3.63) is 0 Å². The molecule has 0 heterocycles. The van der Waals surface area contributed by atoms with Gasteiger partial charge in [0, 0.05) is 0 Å². The molecule has 0 aliphatic rings. The van der Waals surface area contributed by atoms with Crippen LogP contribution in [0.5, 0.6) is 0 Å². The third kappa shape index (κ3) is 4.61. The molecule has 0 aromatic rings. The predicted octanol–water partition coefficient (Wildman–Crippen LogP) is 0.391. The van der Waals surface area contributed by atoms with Crippen LogP contribution in [0.25, 0.3) is 0 Å². The Kier molecular flexibility index (Phi) is 10.7.